The normalized spacial score (nSPS) is 12.2. The molecule has 0 atom stereocenters. The van der Waals surface area contributed by atoms with Crippen molar-refractivity contribution in [3.8, 4) is 33.6 Å². The molecule has 0 saturated carbocycles. The minimum atomic E-state index is -0.790. The molecular weight excluding hydrogens is 645 g/mol. The van der Waals surface area contributed by atoms with Gasteiger partial charge in [-0.1, -0.05) is 109 Å². The van der Waals surface area contributed by atoms with Crippen LogP contribution in [0.3, 0.4) is 0 Å². The van der Waals surface area contributed by atoms with E-state index in [-0.39, 0.29) is 0 Å². The molecule has 0 aliphatic carbocycles. The molecule has 2 heterocycles. The lowest BCUT2D eigenvalue weighted by molar-refractivity contribution is 0.0527. The van der Waals surface area contributed by atoms with Gasteiger partial charge >= 0.3 is 12.2 Å². The number of carbonyl (C=O) groups is 2. The predicted molar refractivity (Wildman–Crippen MR) is 212 cm³/mol. The van der Waals surface area contributed by atoms with Crippen LogP contribution in [0, 0.1) is 0 Å². The number of aromatic nitrogens is 2. The van der Waals surface area contributed by atoms with E-state index in [0.717, 1.165) is 54.6 Å². The van der Waals surface area contributed by atoms with Crippen LogP contribution < -0.4 is 0 Å². The van der Waals surface area contributed by atoms with Crippen molar-refractivity contribution in [1.82, 2.24) is 9.13 Å². The molecule has 0 aliphatic rings. The highest BCUT2D eigenvalue weighted by molar-refractivity contribution is 6.16. The first-order valence-electron chi connectivity index (χ1n) is 17.6. The molecule has 52 heavy (non-hydrogen) atoms. The van der Waals surface area contributed by atoms with E-state index in [9.17, 15) is 9.59 Å². The number of fused-ring (bicyclic) bond motifs is 4. The molecule has 0 unspecified atom stereocenters. The van der Waals surface area contributed by atoms with Gasteiger partial charge in [0.2, 0.25) is 0 Å². The molecule has 258 valence electrons. The Hall–Kier alpha value is -6.14. The average Bonchev–Trinajstić information content (AvgIpc) is 3.63. The lowest BCUT2D eigenvalue weighted by Crippen LogP contribution is -2.29. The number of carbonyl (C=O) groups excluding carboxylic acids is 2. The largest absolute Gasteiger partial charge is 0.443 e. The molecule has 6 nitrogen and oxygen atoms in total. The van der Waals surface area contributed by atoms with Crippen LogP contribution in [0.1, 0.15) is 41.5 Å². The van der Waals surface area contributed by atoms with Gasteiger partial charge in [-0.15, -0.1) is 0 Å². The number of hydrogen-bond donors (Lipinski definition) is 0. The first-order valence-corrected chi connectivity index (χ1v) is 17.6. The SMILES string of the molecule is CC(C)(C)OC(=O)n1c(-c2c(-c3ccc4ccccc4c3)c3ccccc3n2C(=O)OC(C)(C)C)c(-c2ccc3ccccc3c2)c2ccccc21. The molecule has 0 fully saturated rings. The molecule has 0 N–H and O–H groups in total. The second-order valence-corrected chi connectivity index (χ2v) is 15.2. The van der Waals surface area contributed by atoms with Crippen LogP contribution in [0.25, 0.3) is 77.0 Å². The third-order valence-corrected chi connectivity index (χ3v) is 9.20. The van der Waals surface area contributed by atoms with Gasteiger partial charge in [0.05, 0.1) is 22.4 Å². The number of hydrogen-bond acceptors (Lipinski definition) is 4. The molecule has 0 saturated heterocycles. The molecule has 0 spiro atoms. The highest BCUT2D eigenvalue weighted by Gasteiger charge is 2.35. The topological polar surface area (TPSA) is 62.5 Å². The van der Waals surface area contributed by atoms with E-state index in [1.54, 1.807) is 9.13 Å². The van der Waals surface area contributed by atoms with Gasteiger partial charge in [-0.2, -0.15) is 0 Å². The van der Waals surface area contributed by atoms with E-state index >= 15 is 0 Å². The first kappa shape index (κ1) is 33.0. The summed E-state index contributed by atoms with van der Waals surface area (Å²) < 4.78 is 15.6. The Balaban J connectivity index is 1.59. The van der Waals surface area contributed by atoms with Crippen molar-refractivity contribution in [1.29, 1.82) is 0 Å². The second-order valence-electron chi connectivity index (χ2n) is 15.2. The standard InChI is InChI=1S/C46H40N2O4/c1-45(2,3)51-43(49)47-37-21-13-11-19-35(37)39(33-25-23-29-15-7-9-17-31(29)27-33)41(47)42-40(34-26-24-30-16-8-10-18-32(30)28-34)36-20-12-14-22-38(36)48(42)44(50)52-46(4,5)6/h7-28H,1-6H3. The zero-order valence-electron chi connectivity index (χ0n) is 30.2. The van der Waals surface area contributed by atoms with Crippen molar-refractivity contribution < 1.29 is 19.1 Å². The molecule has 6 heteroatoms. The van der Waals surface area contributed by atoms with Gasteiger partial charge in [0.15, 0.2) is 0 Å². The van der Waals surface area contributed by atoms with Crippen LogP contribution in [0.5, 0.6) is 0 Å². The first-order chi connectivity index (χ1) is 24.9. The number of ether oxygens (including phenoxy) is 2. The summed E-state index contributed by atoms with van der Waals surface area (Å²) in [6.07, 6.45) is -1.09. The fourth-order valence-corrected chi connectivity index (χ4v) is 7.20. The quantitative estimate of drug-likeness (QED) is 0.186. The van der Waals surface area contributed by atoms with Gasteiger partial charge in [-0.05, 0) is 98.5 Å². The third kappa shape index (κ3) is 5.80. The van der Waals surface area contributed by atoms with Crippen LogP contribution >= 0.6 is 0 Å². The summed E-state index contributed by atoms with van der Waals surface area (Å²) in [6.45, 7) is 11.2. The highest BCUT2D eigenvalue weighted by Crippen LogP contribution is 2.49. The summed E-state index contributed by atoms with van der Waals surface area (Å²) in [6, 6.07) is 44.8. The Morgan fingerprint density at radius 1 is 0.442 bits per heavy atom. The van der Waals surface area contributed by atoms with E-state index in [0.29, 0.717) is 22.4 Å². The molecule has 0 amide bonds. The van der Waals surface area contributed by atoms with Gasteiger partial charge in [-0.3, -0.25) is 0 Å². The van der Waals surface area contributed by atoms with Crippen molar-refractivity contribution in [2.24, 2.45) is 0 Å². The van der Waals surface area contributed by atoms with E-state index in [1.165, 1.54) is 0 Å². The fourth-order valence-electron chi connectivity index (χ4n) is 7.20. The zero-order valence-corrected chi connectivity index (χ0v) is 30.2. The lowest BCUT2D eigenvalue weighted by atomic mass is 9.93. The average molecular weight is 685 g/mol. The van der Waals surface area contributed by atoms with Crippen molar-refractivity contribution in [2.45, 2.75) is 52.7 Å². The summed E-state index contributed by atoms with van der Waals surface area (Å²) in [5.74, 6) is 0. The zero-order chi connectivity index (χ0) is 36.4. The lowest BCUT2D eigenvalue weighted by Gasteiger charge is -2.23. The number of benzene rings is 6. The van der Waals surface area contributed by atoms with E-state index in [2.05, 4.69) is 60.7 Å². The Bertz CT molecular complexity index is 2510. The summed E-state index contributed by atoms with van der Waals surface area (Å²) >= 11 is 0. The molecule has 6 aromatic carbocycles. The Morgan fingerprint density at radius 2 is 0.788 bits per heavy atom. The third-order valence-electron chi connectivity index (χ3n) is 9.20. The van der Waals surface area contributed by atoms with Crippen molar-refractivity contribution in [3.05, 3.63) is 133 Å². The van der Waals surface area contributed by atoms with Gasteiger partial charge in [0.25, 0.3) is 0 Å². The molecule has 0 radical (unpaired) electrons. The van der Waals surface area contributed by atoms with Crippen LogP contribution in [-0.4, -0.2) is 32.5 Å². The molecule has 8 aromatic rings. The summed E-state index contributed by atoms with van der Waals surface area (Å²) in [5.41, 5.74) is 4.25. The number of rotatable bonds is 3. The minimum Gasteiger partial charge on any atom is -0.443 e. The van der Waals surface area contributed by atoms with E-state index in [4.69, 9.17) is 9.47 Å². The van der Waals surface area contributed by atoms with Gasteiger partial charge in [0.1, 0.15) is 11.2 Å². The molecule has 8 rings (SSSR count). The Kier molecular flexibility index (Phi) is 7.79. The van der Waals surface area contributed by atoms with Crippen molar-refractivity contribution >= 4 is 55.5 Å². The Labute approximate surface area is 302 Å². The smallest absolute Gasteiger partial charge is 0.419 e. The minimum absolute atomic E-state index is 0.538. The summed E-state index contributed by atoms with van der Waals surface area (Å²) in [4.78, 5) is 29.4. The van der Waals surface area contributed by atoms with E-state index < -0.39 is 23.4 Å². The van der Waals surface area contributed by atoms with E-state index in [1.807, 2.05) is 114 Å². The molecule has 2 aromatic heterocycles. The Morgan fingerprint density at radius 3 is 1.17 bits per heavy atom. The predicted octanol–water partition coefficient (Wildman–Crippen LogP) is 12.5. The van der Waals surface area contributed by atoms with Gasteiger partial charge in [-0.25, -0.2) is 18.7 Å². The molecule has 0 aliphatic heterocycles. The van der Waals surface area contributed by atoms with Gasteiger partial charge in [0, 0.05) is 21.9 Å². The van der Waals surface area contributed by atoms with Crippen LogP contribution in [-0.2, 0) is 9.47 Å². The monoisotopic (exact) mass is 684 g/mol. The highest BCUT2D eigenvalue weighted by atomic mass is 16.6. The number of nitrogens with zero attached hydrogens (tertiary/aromatic N) is 2. The number of para-hydroxylation sites is 2. The molecular formula is C46H40N2O4. The summed E-state index contributed by atoms with van der Waals surface area (Å²) in [7, 11) is 0. The maximum Gasteiger partial charge on any atom is 0.419 e. The fraction of sp³-hybridized carbons (Fsp3) is 0.174. The van der Waals surface area contributed by atoms with Crippen LogP contribution in [0.2, 0.25) is 0 Å². The van der Waals surface area contributed by atoms with Crippen molar-refractivity contribution in [3.63, 3.8) is 0 Å². The van der Waals surface area contributed by atoms with Crippen LogP contribution in [0.4, 0.5) is 9.59 Å². The van der Waals surface area contributed by atoms with Crippen LogP contribution in [0.15, 0.2) is 133 Å². The maximum absolute atomic E-state index is 14.7. The van der Waals surface area contributed by atoms with Gasteiger partial charge < -0.3 is 9.47 Å². The van der Waals surface area contributed by atoms with Crippen molar-refractivity contribution in [2.75, 3.05) is 0 Å². The second kappa shape index (κ2) is 12.3. The molecule has 0 bridgehead atoms. The maximum atomic E-state index is 14.7. The summed E-state index contributed by atoms with van der Waals surface area (Å²) in [5, 5.41) is 6.02.